The predicted molar refractivity (Wildman–Crippen MR) is 144 cm³/mol. The van der Waals surface area contributed by atoms with Gasteiger partial charge in [0.1, 0.15) is 16.8 Å². The molecule has 0 saturated heterocycles. The minimum Gasteiger partial charge on any atom is -0.507 e. The molecule has 0 aromatic heterocycles. The van der Waals surface area contributed by atoms with Gasteiger partial charge in [-0.25, -0.2) is 4.79 Å². The summed E-state index contributed by atoms with van der Waals surface area (Å²) in [4.78, 5) is 24.2. The highest BCUT2D eigenvalue weighted by molar-refractivity contribution is 9.11. The van der Waals surface area contributed by atoms with E-state index in [2.05, 4.69) is 41.9 Å². The first-order valence-corrected chi connectivity index (χ1v) is 13.3. The molecule has 36 heavy (non-hydrogen) atoms. The van der Waals surface area contributed by atoms with Gasteiger partial charge < -0.3 is 29.6 Å². The van der Waals surface area contributed by atoms with Crippen molar-refractivity contribution in [3.05, 3.63) is 85.8 Å². The molecule has 0 spiro atoms. The van der Waals surface area contributed by atoms with Gasteiger partial charge in [0.2, 0.25) is 0 Å². The molecule has 0 saturated carbocycles. The summed E-state index contributed by atoms with van der Waals surface area (Å²) >= 11 is 6.80. The maximum absolute atomic E-state index is 12.7. The van der Waals surface area contributed by atoms with Crippen LogP contribution in [-0.4, -0.2) is 35.7 Å². The van der Waals surface area contributed by atoms with Crippen LogP contribution in [0.5, 0.6) is 17.2 Å². The fourth-order valence-electron chi connectivity index (χ4n) is 3.24. The number of carbonyl (C=O) groups is 2. The van der Waals surface area contributed by atoms with Crippen LogP contribution in [-0.2, 0) is 21.1 Å². The van der Waals surface area contributed by atoms with E-state index in [9.17, 15) is 24.4 Å². The Labute approximate surface area is 226 Å². The van der Waals surface area contributed by atoms with Gasteiger partial charge in [-0.3, -0.25) is 4.79 Å². The number of hydrogen-bond acceptors (Lipinski definition) is 7. The van der Waals surface area contributed by atoms with Crippen LogP contribution in [0.25, 0.3) is 0 Å². The Morgan fingerprint density at radius 1 is 1.06 bits per heavy atom. The number of amides is 1. The maximum atomic E-state index is 12.7. The number of carbonyl (C=O) groups excluding carboxylic acids is 2. The Kier molecular flexibility index (Phi) is 9.35. The SMILES string of the molecule is COC(=O)c1ccc(CCNC(=O)c2cc(Oc3c(Br)cc(C(C)(O)[PH2]=O)cc3Br)ccc2O)cc1. The first-order chi connectivity index (χ1) is 17.1. The first kappa shape index (κ1) is 27.9. The molecule has 2 unspecified atom stereocenters. The number of aliphatic hydroxyl groups is 1. The molecule has 1 amide bonds. The molecule has 0 aliphatic heterocycles. The second-order valence-electron chi connectivity index (χ2n) is 8.01. The summed E-state index contributed by atoms with van der Waals surface area (Å²) in [5, 5.41) is 21.8. The van der Waals surface area contributed by atoms with Gasteiger partial charge in [-0.05, 0) is 98.8 Å². The summed E-state index contributed by atoms with van der Waals surface area (Å²) < 4.78 is 23.0. The van der Waals surface area contributed by atoms with E-state index in [-0.39, 0.29) is 11.3 Å². The first-order valence-electron chi connectivity index (χ1n) is 10.7. The lowest BCUT2D eigenvalue weighted by atomic mass is 10.1. The van der Waals surface area contributed by atoms with Gasteiger partial charge in [0, 0.05) is 6.54 Å². The van der Waals surface area contributed by atoms with Crippen molar-refractivity contribution in [2.45, 2.75) is 18.7 Å². The molecular weight excluding hydrogens is 617 g/mol. The average Bonchev–Trinajstić information content (AvgIpc) is 2.86. The van der Waals surface area contributed by atoms with E-state index in [4.69, 9.17) is 4.74 Å². The van der Waals surface area contributed by atoms with Crippen LogP contribution >= 0.6 is 40.3 Å². The highest BCUT2D eigenvalue weighted by Crippen LogP contribution is 2.42. The molecule has 190 valence electrons. The lowest BCUT2D eigenvalue weighted by Crippen LogP contribution is -2.25. The number of hydrogen-bond donors (Lipinski definition) is 3. The number of phenols is 1. The molecule has 3 N–H and O–H groups in total. The van der Waals surface area contributed by atoms with Gasteiger partial charge >= 0.3 is 5.97 Å². The van der Waals surface area contributed by atoms with Crippen molar-refractivity contribution in [1.29, 1.82) is 0 Å². The highest BCUT2D eigenvalue weighted by atomic mass is 79.9. The Hall–Kier alpha value is -2.65. The second kappa shape index (κ2) is 12.1. The third-order valence-corrected chi connectivity index (χ3v) is 7.29. The maximum Gasteiger partial charge on any atom is 0.337 e. The van der Waals surface area contributed by atoms with Gasteiger partial charge in [0.25, 0.3) is 5.91 Å². The van der Waals surface area contributed by atoms with Gasteiger partial charge in [0.15, 0.2) is 5.75 Å². The third-order valence-electron chi connectivity index (χ3n) is 5.32. The zero-order valence-electron chi connectivity index (χ0n) is 19.4. The highest BCUT2D eigenvalue weighted by Gasteiger charge is 2.24. The van der Waals surface area contributed by atoms with Gasteiger partial charge in [0.05, 0.1) is 35.6 Å². The molecule has 3 aromatic rings. The standard InChI is InChI=1S/C25H24Br2NO7P/c1-25(32,36-33)16-11-19(26)22(20(27)12-16)35-17-7-8-21(29)18(13-17)23(30)28-10-9-14-3-5-15(6-4-14)24(31)34-2/h3-8,11-13,29,32H,9-10,36H2,1-2H3,(H,28,30). The summed E-state index contributed by atoms with van der Waals surface area (Å²) in [6.45, 7) is 1.77. The molecular formula is C25H24Br2NO7P. The number of halogens is 2. The van der Waals surface area contributed by atoms with Crippen LogP contribution in [0.3, 0.4) is 0 Å². The summed E-state index contributed by atoms with van der Waals surface area (Å²) in [5.41, 5.74) is 1.84. The summed E-state index contributed by atoms with van der Waals surface area (Å²) in [7, 11) is -0.151. The predicted octanol–water partition coefficient (Wildman–Crippen LogP) is 5.39. The Morgan fingerprint density at radius 3 is 2.28 bits per heavy atom. The number of methoxy groups -OCH3 is 1. The number of nitrogens with one attached hydrogen (secondary N) is 1. The van der Waals surface area contributed by atoms with Gasteiger partial charge in [-0.1, -0.05) is 12.1 Å². The van der Waals surface area contributed by atoms with Crippen LogP contribution in [0.1, 0.15) is 38.8 Å². The van der Waals surface area contributed by atoms with Gasteiger partial charge in [-0.15, -0.1) is 0 Å². The van der Waals surface area contributed by atoms with E-state index in [0.29, 0.717) is 44.5 Å². The van der Waals surface area contributed by atoms with Crippen molar-refractivity contribution in [3.63, 3.8) is 0 Å². The molecule has 2 atom stereocenters. The molecule has 0 aliphatic rings. The van der Waals surface area contributed by atoms with Crippen molar-refractivity contribution in [1.82, 2.24) is 5.32 Å². The van der Waals surface area contributed by atoms with E-state index in [0.717, 1.165) is 5.56 Å². The second-order valence-corrected chi connectivity index (χ2v) is 11.1. The Morgan fingerprint density at radius 2 is 1.69 bits per heavy atom. The van der Waals surface area contributed by atoms with Gasteiger partial charge in [-0.2, -0.15) is 0 Å². The van der Waals surface area contributed by atoms with Crippen LogP contribution < -0.4 is 10.1 Å². The molecule has 3 aromatic carbocycles. The van der Waals surface area contributed by atoms with E-state index < -0.39 is 25.7 Å². The van der Waals surface area contributed by atoms with Crippen molar-refractivity contribution >= 4 is 52.2 Å². The summed E-state index contributed by atoms with van der Waals surface area (Å²) in [6, 6.07) is 14.4. The summed E-state index contributed by atoms with van der Waals surface area (Å²) in [6.07, 6.45) is 0.519. The van der Waals surface area contributed by atoms with Crippen molar-refractivity contribution in [2.24, 2.45) is 0 Å². The zero-order valence-corrected chi connectivity index (χ0v) is 23.7. The van der Waals surface area contributed by atoms with Crippen molar-refractivity contribution < 1.29 is 33.8 Å². The zero-order chi connectivity index (χ0) is 26.5. The van der Waals surface area contributed by atoms with E-state index >= 15 is 0 Å². The topological polar surface area (TPSA) is 122 Å². The number of rotatable bonds is 9. The van der Waals surface area contributed by atoms with E-state index in [1.165, 1.54) is 32.2 Å². The lowest BCUT2D eigenvalue weighted by Gasteiger charge is -2.19. The fourth-order valence-corrected chi connectivity index (χ4v) is 4.89. The van der Waals surface area contributed by atoms with Crippen LogP contribution in [0, 0.1) is 0 Å². The molecule has 8 nitrogen and oxygen atoms in total. The molecule has 0 bridgehead atoms. The monoisotopic (exact) mass is 639 g/mol. The van der Waals surface area contributed by atoms with Crippen LogP contribution in [0.2, 0.25) is 0 Å². The number of aromatic hydroxyl groups is 1. The number of esters is 1. The molecule has 11 heteroatoms. The molecule has 0 radical (unpaired) electrons. The fraction of sp³-hybridized carbons (Fsp3) is 0.200. The normalized spacial score (nSPS) is 12.8. The molecule has 0 heterocycles. The Balaban J connectivity index is 1.69. The quantitative estimate of drug-likeness (QED) is 0.212. The third kappa shape index (κ3) is 6.76. The van der Waals surface area contributed by atoms with Crippen molar-refractivity contribution in [2.75, 3.05) is 13.7 Å². The molecule has 0 aliphatic carbocycles. The minimum absolute atomic E-state index is 0.0373. The lowest BCUT2D eigenvalue weighted by molar-refractivity contribution is 0.0600. The van der Waals surface area contributed by atoms with E-state index in [1.54, 1.807) is 36.4 Å². The van der Waals surface area contributed by atoms with Crippen molar-refractivity contribution in [3.8, 4) is 17.2 Å². The molecule has 3 rings (SSSR count). The molecule has 0 fully saturated rings. The smallest absolute Gasteiger partial charge is 0.337 e. The summed E-state index contributed by atoms with van der Waals surface area (Å²) in [5.74, 6) is -0.426. The van der Waals surface area contributed by atoms with E-state index in [1.807, 2.05) is 0 Å². The number of ether oxygens (including phenoxy) is 2. The number of phenolic OH excluding ortho intramolecular Hbond substituents is 1. The Bertz CT molecular complexity index is 1270. The minimum atomic E-state index is -1.47. The van der Waals surface area contributed by atoms with Crippen LogP contribution in [0.15, 0.2) is 63.5 Å². The number of benzene rings is 3. The largest absolute Gasteiger partial charge is 0.507 e. The average molecular weight is 641 g/mol. The van der Waals surface area contributed by atoms with Crippen LogP contribution in [0.4, 0.5) is 0 Å².